The molecule has 0 saturated heterocycles. The molecule has 0 aromatic carbocycles. The Morgan fingerprint density at radius 2 is 1.88 bits per heavy atom. The van der Waals surface area contributed by atoms with Crippen molar-refractivity contribution >= 4 is 5.97 Å². The molecule has 5 heteroatoms. The van der Waals surface area contributed by atoms with E-state index in [0.717, 1.165) is 41.9 Å². The molecule has 6 rings (SSSR count). The van der Waals surface area contributed by atoms with Crippen LogP contribution in [0.4, 0.5) is 0 Å². The molecule has 4 aliphatic carbocycles. The van der Waals surface area contributed by atoms with Crippen LogP contribution in [0, 0.1) is 23.2 Å². The smallest absolute Gasteiger partial charge is 0.356 e. The summed E-state index contributed by atoms with van der Waals surface area (Å²) >= 11 is 0. The van der Waals surface area contributed by atoms with Crippen molar-refractivity contribution < 1.29 is 9.90 Å². The van der Waals surface area contributed by atoms with E-state index in [1.54, 1.807) is 12.4 Å². The molecule has 2 aromatic rings. The lowest BCUT2D eigenvalue weighted by Crippen LogP contribution is -2.46. The Morgan fingerprint density at radius 1 is 1.19 bits per heavy atom. The second kappa shape index (κ2) is 5.93. The van der Waals surface area contributed by atoms with E-state index >= 15 is 0 Å². The highest BCUT2D eigenvalue weighted by molar-refractivity contribution is 5.87. The largest absolute Gasteiger partial charge is 0.476 e. The van der Waals surface area contributed by atoms with E-state index in [1.807, 2.05) is 12.1 Å². The van der Waals surface area contributed by atoms with Gasteiger partial charge in [0, 0.05) is 23.7 Å². The van der Waals surface area contributed by atoms with E-state index in [1.165, 1.54) is 38.5 Å². The fourth-order valence-electron chi connectivity index (χ4n) is 6.39. The highest BCUT2D eigenvalue weighted by atomic mass is 16.4. The standard InChI is InChI=1S/C21H25N3O2/c25-20(26)18-17(23-19(24-18)16-2-1-5-22-12-16)3-4-21-9-13-6-14(10-21)8-15(7-13)11-21/h1-2,5,12-15H,3-4,6-11H2,(H,23,24)(H,25,26). The van der Waals surface area contributed by atoms with Gasteiger partial charge in [-0.05, 0) is 86.7 Å². The number of carbonyl (C=O) groups is 1. The van der Waals surface area contributed by atoms with Crippen LogP contribution in [0.2, 0.25) is 0 Å². The number of rotatable bonds is 5. The monoisotopic (exact) mass is 351 g/mol. The molecule has 2 N–H and O–H groups in total. The summed E-state index contributed by atoms with van der Waals surface area (Å²) in [7, 11) is 0. The number of aromatic nitrogens is 3. The van der Waals surface area contributed by atoms with Crippen LogP contribution in [0.5, 0.6) is 0 Å². The Hall–Kier alpha value is -2.17. The lowest BCUT2D eigenvalue weighted by atomic mass is 9.48. The van der Waals surface area contributed by atoms with Crippen LogP contribution in [-0.4, -0.2) is 26.0 Å². The number of hydrogen-bond acceptors (Lipinski definition) is 3. The van der Waals surface area contributed by atoms with Gasteiger partial charge in [0.1, 0.15) is 5.82 Å². The zero-order valence-corrected chi connectivity index (χ0v) is 14.9. The molecule has 4 saturated carbocycles. The lowest BCUT2D eigenvalue weighted by molar-refractivity contribution is -0.0571. The minimum absolute atomic E-state index is 0.175. The predicted molar refractivity (Wildman–Crippen MR) is 97.7 cm³/mol. The first-order chi connectivity index (χ1) is 12.6. The minimum Gasteiger partial charge on any atom is -0.476 e. The molecule has 26 heavy (non-hydrogen) atoms. The topological polar surface area (TPSA) is 78.9 Å². The zero-order chi connectivity index (χ0) is 17.7. The number of aromatic carboxylic acids is 1. The van der Waals surface area contributed by atoms with Crippen LogP contribution in [0.1, 0.15) is 61.1 Å². The number of nitrogens with zero attached hydrogens (tertiary/aromatic N) is 2. The number of hydrogen-bond donors (Lipinski definition) is 2. The van der Waals surface area contributed by atoms with Gasteiger partial charge in [0.05, 0.1) is 0 Å². The van der Waals surface area contributed by atoms with E-state index < -0.39 is 5.97 Å². The molecule has 4 bridgehead atoms. The van der Waals surface area contributed by atoms with Gasteiger partial charge in [0.15, 0.2) is 5.69 Å². The van der Waals surface area contributed by atoms with E-state index in [-0.39, 0.29) is 5.69 Å². The Bertz CT molecular complexity index is 792. The number of carboxylic acids is 1. The lowest BCUT2D eigenvalue weighted by Gasteiger charge is -2.57. The van der Waals surface area contributed by atoms with Crippen LogP contribution < -0.4 is 0 Å². The first-order valence-electron chi connectivity index (χ1n) is 9.83. The summed E-state index contributed by atoms with van der Waals surface area (Å²) in [5.41, 5.74) is 2.22. The number of carboxylic acid groups (broad SMARTS) is 1. The first-order valence-corrected chi connectivity index (χ1v) is 9.83. The van der Waals surface area contributed by atoms with Gasteiger partial charge in [-0.1, -0.05) is 0 Å². The summed E-state index contributed by atoms with van der Waals surface area (Å²) in [6.45, 7) is 0. The Balaban J connectivity index is 1.39. The zero-order valence-electron chi connectivity index (χ0n) is 14.9. The number of nitrogens with one attached hydrogen (secondary N) is 1. The molecule has 0 atom stereocenters. The van der Waals surface area contributed by atoms with Gasteiger partial charge in [-0.3, -0.25) is 4.98 Å². The van der Waals surface area contributed by atoms with E-state index in [9.17, 15) is 9.90 Å². The van der Waals surface area contributed by atoms with Gasteiger partial charge in [-0.2, -0.15) is 0 Å². The van der Waals surface area contributed by atoms with Crippen LogP contribution in [0.25, 0.3) is 11.4 Å². The van der Waals surface area contributed by atoms with Crippen molar-refractivity contribution in [2.24, 2.45) is 23.2 Å². The molecule has 0 aliphatic heterocycles. The average molecular weight is 351 g/mol. The van der Waals surface area contributed by atoms with Gasteiger partial charge in [0.2, 0.25) is 0 Å². The van der Waals surface area contributed by atoms with Crippen molar-refractivity contribution in [3.05, 3.63) is 35.9 Å². The maximum absolute atomic E-state index is 11.7. The van der Waals surface area contributed by atoms with Gasteiger partial charge in [0.25, 0.3) is 0 Å². The summed E-state index contributed by atoms with van der Waals surface area (Å²) in [6, 6.07) is 3.74. The maximum Gasteiger partial charge on any atom is 0.356 e. The van der Waals surface area contributed by atoms with Gasteiger partial charge in [-0.15, -0.1) is 0 Å². The van der Waals surface area contributed by atoms with Gasteiger partial charge in [-0.25, -0.2) is 9.78 Å². The van der Waals surface area contributed by atoms with Gasteiger partial charge < -0.3 is 10.1 Å². The van der Waals surface area contributed by atoms with Crippen molar-refractivity contribution in [2.45, 2.75) is 51.4 Å². The normalized spacial score (nSPS) is 32.1. The number of imidazole rings is 1. The van der Waals surface area contributed by atoms with Crippen LogP contribution in [0.3, 0.4) is 0 Å². The number of aromatic amines is 1. The number of pyridine rings is 1. The van der Waals surface area contributed by atoms with Crippen molar-refractivity contribution in [3.8, 4) is 11.4 Å². The number of aryl methyl sites for hydroxylation is 1. The fraction of sp³-hybridized carbons (Fsp3) is 0.571. The molecule has 5 nitrogen and oxygen atoms in total. The van der Waals surface area contributed by atoms with Crippen LogP contribution in [0.15, 0.2) is 24.5 Å². The summed E-state index contributed by atoms with van der Waals surface area (Å²) < 4.78 is 0. The molecule has 2 heterocycles. The summed E-state index contributed by atoms with van der Waals surface area (Å²) in [4.78, 5) is 23.4. The van der Waals surface area contributed by atoms with Gasteiger partial charge >= 0.3 is 5.97 Å². The van der Waals surface area contributed by atoms with Crippen molar-refractivity contribution in [3.63, 3.8) is 0 Å². The van der Waals surface area contributed by atoms with Crippen molar-refractivity contribution in [1.29, 1.82) is 0 Å². The highest BCUT2D eigenvalue weighted by Gasteiger charge is 2.50. The SMILES string of the molecule is O=C(O)c1nc(-c2cccnc2)[nH]c1CCC12CC3CC(CC(C3)C1)C2. The van der Waals surface area contributed by atoms with E-state index in [4.69, 9.17) is 0 Å². The van der Waals surface area contributed by atoms with Crippen LogP contribution in [-0.2, 0) is 6.42 Å². The summed E-state index contributed by atoms with van der Waals surface area (Å²) in [6.07, 6.45) is 13.7. The molecular formula is C21H25N3O2. The highest BCUT2D eigenvalue weighted by Crippen LogP contribution is 2.61. The van der Waals surface area contributed by atoms with E-state index in [2.05, 4.69) is 15.0 Å². The molecule has 0 unspecified atom stereocenters. The summed E-state index contributed by atoms with van der Waals surface area (Å²) in [5.74, 6) is 2.43. The van der Waals surface area contributed by atoms with E-state index in [0.29, 0.717) is 11.2 Å². The Labute approximate surface area is 153 Å². The van der Waals surface area contributed by atoms with Crippen molar-refractivity contribution in [1.82, 2.24) is 15.0 Å². The Morgan fingerprint density at radius 3 is 2.46 bits per heavy atom. The molecule has 4 fully saturated rings. The molecule has 0 amide bonds. The van der Waals surface area contributed by atoms with Crippen molar-refractivity contribution in [2.75, 3.05) is 0 Å². The molecule has 4 aliphatic rings. The second-order valence-corrected chi connectivity index (χ2v) is 8.88. The predicted octanol–water partition coefficient (Wildman–Crippen LogP) is 4.32. The number of H-pyrrole nitrogens is 1. The third-order valence-electron chi connectivity index (χ3n) is 6.99. The fourth-order valence-corrected chi connectivity index (χ4v) is 6.39. The molecule has 136 valence electrons. The second-order valence-electron chi connectivity index (χ2n) is 8.88. The average Bonchev–Trinajstić information content (AvgIpc) is 3.04. The Kier molecular flexibility index (Phi) is 3.66. The summed E-state index contributed by atoms with van der Waals surface area (Å²) in [5, 5.41) is 9.59. The molecule has 0 spiro atoms. The molecular weight excluding hydrogens is 326 g/mol. The molecule has 2 aromatic heterocycles. The van der Waals surface area contributed by atoms with Crippen LogP contribution >= 0.6 is 0 Å². The first kappa shape index (κ1) is 16.0. The quantitative estimate of drug-likeness (QED) is 0.841. The maximum atomic E-state index is 11.7. The third-order valence-corrected chi connectivity index (χ3v) is 6.99. The molecule has 0 radical (unpaired) electrons. The third kappa shape index (κ3) is 2.74. The minimum atomic E-state index is -0.947.